The van der Waals surface area contributed by atoms with Gasteiger partial charge in [0, 0.05) is 43.5 Å². The number of carbonyl (C=O) groups excluding carboxylic acids is 2. The molecule has 0 unspecified atom stereocenters. The minimum Gasteiger partial charge on any atom is -0.469 e. The van der Waals surface area contributed by atoms with E-state index in [-0.39, 0.29) is 11.9 Å². The molecule has 24 heavy (non-hydrogen) atoms. The van der Waals surface area contributed by atoms with Crippen LogP contribution in [0, 0.1) is 0 Å². The molecular weight excluding hydrogens is 306 g/mol. The van der Waals surface area contributed by atoms with Crippen LogP contribution in [0.4, 0.5) is 0 Å². The standard InChI is InChI=1S/C19H23NO4/c1-4-16-15(14-8-5-6-9-17(14)24-16)11-12-18(21)20(2)13-7-10-19(22)23-3/h5-6,8-9,11-12H,4,7,10,13H2,1-3H3/b12-11+. The SMILES string of the molecule is CCc1oc2ccccc2c1/C=C/C(=O)N(C)CCCC(=O)OC. The van der Waals surface area contributed by atoms with Crippen LogP contribution < -0.4 is 0 Å². The first kappa shape index (κ1) is 17.8. The number of ether oxygens (including phenoxy) is 1. The van der Waals surface area contributed by atoms with Gasteiger partial charge in [0.15, 0.2) is 0 Å². The van der Waals surface area contributed by atoms with Crippen molar-refractivity contribution in [2.75, 3.05) is 20.7 Å². The molecule has 0 aliphatic rings. The lowest BCUT2D eigenvalue weighted by Crippen LogP contribution is -2.26. The van der Waals surface area contributed by atoms with Gasteiger partial charge in [0.05, 0.1) is 7.11 Å². The van der Waals surface area contributed by atoms with E-state index in [4.69, 9.17) is 4.42 Å². The fourth-order valence-corrected chi connectivity index (χ4v) is 2.52. The molecule has 1 heterocycles. The third kappa shape index (κ3) is 4.25. The monoisotopic (exact) mass is 329 g/mol. The molecule has 2 rings (SSSR count). The van der Waals surface area contributed by atoms with Gasteiger partial charge in [0.2, 0.25) is 5.91 Å². The van der Waals surface area contributed by atoms with Gasteiger partial charge in [-0.3, -0.25) is 9.59 Å². The van der Waals surface area contributed by atoms with Gasteiger partial charge in [0.25, 0.3) is 0 Å². The summed E-state index contributed by atoms with van der Waals surface area (Å²) in [6.45, 7) is 2.53. The number of hydrogen-bond donors (Lipinski definition) is 0. The summed E-state index contributed by atoms with van der Waals surface area (Å²) >= 11 is 0. The molecule has 0 N–H and O–H groups in total. The Kier molecular flexibility index (Phi) is 6.18. The molecular formula is C19H23NO4. The first-order valence-corrected chi connectivity index (χ1v) is 8.07. The van der Waals surface area contributed by atoms with E-state index in [1.54, 1.807) is 18.0 Å². The summed E-state index contributed by atoms with van der Waals surface area (Å²) < 4.78 is 10.4. The van der Waals surface area contributed by atoms with E-state index in [1.165, 1.54) is 7.11 Å². The number of hydrogen-bond acceptors (Lipinski definition) is 4. The number of benzene rings is 1. The number of para-hydroxylation sites is 1. The van der Waals surface area contributed by atoms with Crippen molar-refractivity contribution in [3.05, 3.63) is 41.7 Å². The summed E-state index contributed by atoms with van der Waals surface area (Å²) in [5, 5.41) is 1.01. The fourth-order valence-electron chi connectivity index (χ4n) is 2.52. The van der Waals surface area contributed by atoms with E-state index in [0.717, 1.165) is 28.7 Å². The normalized spacial score (nSPS) is 11.1. The van der Waals surface area contributed by atoms with E-state index >= 15 is 0 Å². The molecule has 0 atom stereocenters. The highest BCUT2D eigenvalue weighted by atomic mass is 16.5. The predicted octanol–water partition coefficient (Wildman–Crippen LogP) is 3.42. The molecule has 0 fully saturated rings. The van der Waals surface area contributed by atoms with Crippen molar-refractivity contribution < 1.29 is 18.7 Å². The summed E-state index contributed by atoms with van der Waals surface area (Å²) in [7, 11) is 3.08. The minimum absolute atomic E-state index is 0.104. The molecule has 2 aromatic rings. The number of methoxy groups -OCH3 is 1. The molecule has 1 aromatic heterocycles. The van der Waals surface area contributed by atoms with Crippen LogP contribution in [-0.4, -0.2) is 37.5 Å². The van der Waals surface area contributed by atoms with Crippen molar-refractivity contribution in [3.8, 4) is 0 Å². The van der Waals surface area contributed by atoms with Crippen LogP contribution in [0.1, 0.15) is 31.1 Å². The molecule has 0 aliphatic carbocycles. The molecule has 0 saturated carbocycles. The van der Waals surface area contributed by atoms with Crippen LogP contribution in [0.5, 0.6) is 0 Å². The number of likely N-dealkylation sites (N-methyl/N-ethyl adjacent to an activating group) is 1. The van der Waals surface area contributed by atoms with Gasteiger partial charge < -0.3 is 14.1 Å². The molecule has 1 aromatic carbocycles. The van der Waals surface area contributed by atoms with Crippen LogP contribution in [0.3, 0.4) is 0 Å². The highest BCUT2D eigenvalue weighted by Crippen LogP contribution is 2.27. The summed E-state index contributed by atoms with van der Waals surface area (Å²) in [5.74, 6) is 0.504. The number of nitrogens with zero attached hydrogens (tertiary/aromatic N) is 1. The molecule has 0 spiro atoms. The second-order valence-electron chi connectivity index (χ2n) is 5.56. The number of aryl methyl sites for hydroxylation is 1. The maximum absolute atomic E-state index is 12.2. The summed E-state index contributed by atoms with van der Waals surface area (Å²) in [5.41, 5.74) is 1.78. The Labute approximate surface area is 141 Å². The Balaban J connectivity index is 2.04. The Morgan fingerprint density at radius 3 is 2.75 bits per heavy atom. The van der Waals surface area contributed by atoms with Crippen molar-refractivity contribution in [2.24, 2.45) is 0 Å². The highest BCUT2D eigenvalue weighted by Gasteiger charge is 2.11. The Morgan fingerprint density at radius 1 is 1.29 bits per heavy atom. The van der Waals surface area contributed by atoms with Gasteiger partial charge in [-0.25, -0.2) is 0 Å². The molecule has 0 saturated heterocycles. The van der Waals surface area contributed by atoms with Crippen molar-refractivity contribution >= 4 is 28.9 Å². The number of esters is 1. The third-order valence-electron chi connectivity index (χ3n) is 3.90. The summed E-state index contributed by atoms with van der Waals surface area (Å²) in [4.78, 5) is 24.9. The lowest BCUT2D eigenvalue weighted by Gasteiger charge is -2.14. The van der Waals surface area contributed by atoms with Crippen LogP contribution in [0.15, 0.2) is 34.8 Å². The molecule has 5 nitrogen and oxygen atoms in total. The van der Waals surface area contributed by atoms with Gasteiger partial charge in [-0.15, -0.1) is 0 Å². The molecule has 1 amide bonds. The number of amides is 1. The zero-order valence-electron chi connectivity index (χ0n) is 14.4. The van der Waals surface area contributed by atoms with Crippen LogP contribution in [0.2, 0.25) is 0 Å². The molecule has 0 bridgehead atoms. The van der Waals surface area contributed by atoms with Crippen LogP contribution >= 0.6 is 0 Å². The quantitative estimate of drug-likeness (QED) is 0.577. The zero-order valence-corrected chi connectivity index (χ0v) is 14.4. The van der Waals surface area contributed by atoms with Gasteiger partial charge in [-0.05, 0) is 18.6 Å². The number of furan rings is 1. The van der Waals surface area contributed by atoms with Gasteiger partial charge in [-0.1, -0.05) is 25.1 Å². The summed E-state index contributed by atoms with van der Waals surface area (Å²) in [6, 6.07) is 7.79. The average molecular weight is 329 g/mol. The second kappa shape index (κ2) is 8.34. The lowest BCUT2D eigenvalue weighted by molar-refractivity contribution is -0.141. The van der Waals surface area contributed by atoms with E-state index in [1.807, 2.05) is 37.3 Å². The van der Waals surface area contributed by atoms with Gasteiger partial charge in [-0.2, -0.15) is 0 Å². The van der Waals surface area contributed by atoms with Crippen molar-refractivity contribution in [2.45, 2.75) is 26.2 Å². The molecule has 5 heteroatoms. The lowest BCUT2D eigenvalue weighted by atomic mass is 10.1. The van der Waals surface area contributed by atoms with E-state index < -0.39 is 0 Å². The first-order valence-electron chi connectivity index (χ1n) is 8.07. The first-order chi connectivity index (χ1) is 11.6. The van der Waals surface area contributed by atoms with E-state index in [9.17, 15) is 9.59 Å². The maximum Gasteiger partial charge on any atom is 0.305 e. The number of fused-ring (bicyclic) bond motifs is 1. The molecule has 0 aliphatic heterocycles. The maximum atomic E-state index is 12.2. The topological polar surface area (TPSA) is 59.8 Å². The Morgan fingerprint density at radius 2 is 2.04 bits per heavy atom. The number of carbonyl (C=O) groups is 2. The van der Waals surface area contributed by atoms with Crippen LogP contribution in [0.25, 0.3) is 17.0 Å². The highest BCUT2D eigenvalue weighted by molar-refractivity contribution is 5.96. The van der Waals surface area contributed by atoms with Crippen molar-refractivity contribution in [3.63, 3.8) is 0 Å². The van der Waals surface area contributed by atoms with E-state index in [0.29, 0.717) is 19.4 Å². The molecule has 0 radical (unpaired) electrons. The molecule has 128 valence electrons. The van der Waals surface area contributed by atoms with Gasteiger partial charge >= 0.3 is 5.97 Å². The largest absolute Gasteiger partial charge is 0.469 e. The number of rotatable bonds is 7. The average Bonchev–Trinajstić information content (AvgIpc) is 2.96. The smallest absolute Gasteiger partial charge is 0.305 e. The van der Waals surface area contributed by atoms with Crippen LogP contribution in [-0.2, 0) is 20.7 Å². The fraction of sp³-hybridized carbons (Fsp3) is 0.368. The van der Waals surface area contributed by atoms with Gasteiger partial charge in [0.1, 0.15) is 11.3 Å². The van der Waals surface area contributed by atoms with Crippen molar-refractivity contribution in [1.82, 2.24) is 4.90 Å². The van der Waals surface area contributed by atoms with E-state index in [2.05, 4.69) is 4.74 Å². The Hall–Kier alpha value is -2.56. The Bertz CT molecular complexity index is 745. The second-order valence-corrected chi connectivity index (χ2v) is 5.56. The third-order valence-corrected chi connectivity index (χ3v) is 3.90. The zero-order chi connectivity index (χ0) is 17.5. The summed E-state index contributed by atoms with van der Waals surface area (Å²) in [6.07, 6.45) is 5.01. The minimum atomic E-state index is -0.260. The van der Waals surface area contributed by atoms with Crippen molar-refractivity contribution in [1.29, 1.82) is 0 Å². The predicted molar refractivity (Wildman–Crippen MR) is 93.5 cm³/mol.